The lowest BCUT2D eigenvalue weighted by Crippen LogP contribution is -2.00. The van der Waals surface area contributed by atoms with Crippen LogP contribution in [0.15, 0.2) is 30.3 Å². The van der Waals surface area contributed by atoms with Crippen LogP contribution in [0.1, 0.15) is 0 Å². The Balaban J connectivity index is 2.55. The molecule has 0 fully saturated rings. The summed E-state index contributed by atoms with van der Waals surface area (Å²) in [5, 5.41) is 0.238. The summed E-state index contributed by atoms with van der Waals surface area (Å²) in [5.41, 5.74) is 6.54. The van der Waals surface area contributed by atoms with Gasteiger partial charge in [-0.15, -0.1) is 0 Å². The van der Waals surface area contributed by atoms with Gasteiger partial charge in [-0.2, -0.15) is 4.98 Å². The minimum absolute atomic E-state index is 0.215. The van der Waals surface area contributed by atoms with Crippen molar-refractivity contribution in [1.29, 1.82) is 0 Å². The molecule has 0 aliphatic rings. The number of anilines is 1. The van der Waals surface area contributed by atoms with Crippen molar-refractivity contribution in [2.45, 2.75) is 0 Å². The van der Waals surface area contributed by atoms with Crippen LogP contribution in [0.2, 0.25) is 5.02 Å². The molecule has 0 atom stereocenters. The maximum absolute atomic E-state index is 5.88. The van der Waals surface area contributed by atoms with Gasteiger partial charge >= 0.3 is 0 Å². The standard InChI is InChI=1S/C11H10ClN3O/c1-16-11-8(12)9(13)14-10(15-11)7-5-3-2-4-6-7/h2-6H,1H3,(H2,13,14,15). The number of methoxy groups -OCH3 is 1. The van der Waals surface area contributed by atoms with E-state index in [2.05, 4.69) is 9.97 Å². The third-order valence-corrected chi connectivity index (χ3v) is 2.43. The number of halogens is 1. The maximum Gasteiger partial charge on any atom is 0.238 e. The predicted octanol–water partition coefficient (Wildman–Crippen LogP) is 2.39. The van der Waals surface area contributed by atoms with Gasteiger partial charge in [-0.3, -0.25) is 0 Å². The fraction of sp³-hybridized carbons (Fsp3) is 0.0909. The van der Waals surface area contributed by atoms with Crippen LogP contribution in [0.4, 0.5) is 5.82 Å². The second-order valence-electron chi connectivity index (χ2n) is 3.12. The van der Waals surface area contributed by atoms with E-state index in [4.69, 9.17) is 22.1 Å². The van der Waals surface area contributed by atoms with Gasteiger partial charge < -0.3 is 10.5 Å². The zero-order valence-electron chi connectivity index (χ0n) is 8.64. The Bertz CT molecular complexity index is 502. The molecule has 0 saturated heterocycles. The van der Waals surface area contributed by atoms with E-state index in [9.17, 15) is 0 Å². The van der Waals surface area contributed by atoms with Crippen molar-refractivity contribution in [3.05, 3.63) is 35.4 Å². The lowest BCUT2D eigenvalue weighted by molar-refractivity contribution is 0.398. The highest BCUT2D eigenvalue weighted by molar-refractivity contribution is 6.34. The van der Waals surface area contributed by atoms with Gasteiger partial charge in [0.1, 0.15) is 10.8 Å². The zero-order valence-corrected chi connectivity index (χ0v) is 9.40. The van der Waals surface area contributed by atoms with Crippen LogP contribution in [-0.4, -0.2) is 17.1 Å². The largest absolute Gasteiger partial charge is 0.480 e. The predicted molar refractivity (Wildman–Crippen MR) is 63.4 cm³/mol. The number of hydrogen-bond acceptors (Lipinski definition) is 4. The van der Waals surface area contributed by atoms with Gasteiger partial charge in [-0.05, 0) is 0 Å². The van der Waals surface area contributed by atoms with E-state index < -0.39 is 0 Å². The summed E-state index contributed by atoms with van der Waals surface area (Å²) in [6.07, 6.45) is 0. The topological polar surface area (TPSA) is 61.0 Å². The van der Waals surface area contributed by atoms with E-state index in [1.165, 1.54) is 7.11 Å². The van der Waals surface area contributed by atoms with Crippen molar-refractivity contribution >= 4 is 17.4 Å². The van der Waals surface area contributed by atoms with Crippen LogP contribution >= 0.6 is 11.6 Å². The smallest absolute Gasteiger partial charge is 0.238 e. The molecule has 1 heterocycles. The lowest BCUT2D eigenvalue weighted by Gasteiger charge is -2.07. The van der Waals surface area contributed by atoms with E-state index in [-0.39, 0.29) is 16.7 Å². The molecule has 0 saturated carbocycles. The van der Waals surface area contributed by atoms with E-state index >= 15 is 0 Å². The van der Waals surface area contributed by atoms with Gasteiger partial charge in [0.15, 0.2) is 5.82 Å². The Labute approximate surface area is 98.0 Å². The van der Waals surface area contributed by atoms with E-state index in [1.54, 1.807) is 0 Å². The number of aromatic nitrogens is 2. The van der Waals surface area contributed by atoms with Crippen molar-refractivity contribution in [2.75, 3.05) is 12.8 Å². The monoisotopic (exact) mass is 235 g/mol. The van der Waals surface area contributed by atoms with Crippen LogP contribution in [0.3, 0.4) is 0 Å². The number of benzene rings is 1. The first-order valence-electron chi connectivity index (χ1n) is 4.65. The molecular weight excluding hydrogens is 226 g/mol. The SMILES string of the molecule is COc1nc(-c2ccccc2)nc(N)c1Cl. The number of hydrogen-bond donors (Lipinski definition) is 1. The Morgan fingerprint density at radius 1 is 1.19 bits per heavy atom. The fourth-order valence-electron chi connectivity index (χ4n) is 1.29. The first-order chi connectivity index (χ1) is 7.72. The van der Waals surface area contributed by atoms with Crippen molar-refractivity contribution in [3.63, 3.8) is 0 Å². The van der Waals surface area contributed by atoms with Crippen LogP contribution in [-0.2, 0) is 0 Å². The average molecular weight is 236 g/mol. The second-order valence-corrected chi connectivity index (χ2v) is 3.50. The molecule has 1 aromatic heterocycles. The molecule has 0 amide bonds. The number of nitrogens with two attached hydrogens (primary N) is 1. The third-order valence-electron chi connectivity index (χ3n) is 2.07. The van der Waals surface area contributed by atoms with Crippen LogP contribution in [0.5, 0.6) is 5.88 Å². The summed E-state index contributed by atoms with van der Waals surface area (Å²) >= 11 is 5.88. The molecule has 2 aromatic rings. The van der Waals surface area contributed by atoms with Gasteiger partial charge in [0.05, 0.1) is 7.11 Å². The number of nitrogen functional groups attached to an aromatic ring is 1. The van der Waals surface area contributed by atoms with Gasteiger partial charge in [0.2, 0.25) is 5.88 Å². The first-order valence-corrected chi connectivity index (χ1v) is 5.02. The molecule has 2 rings (SSSR count). The minimum atomic E-state index is 0.215. The van der Waals surface area contributed by atoms with Crippen molar-refractivity contribution in [3.8, 4) is 17.3 Å². The van der Waals surface area contributed by atoms with E-state index in [1.807, 2.05) is 30.3 Å². The summed E-state index contributed by atoms with van der Waals surface area (Å²) < 4.78 is 5.02. The molecular formula is C11H10ClN3O. The summed E-state index contributed by atoms with van der Waals surface area (Å²) in [7, 11) is 1.49. The van der Waals surface area contributed by atoms with Crippen molar-refractivity contribution in [1.82, 2.24) is 9.97 Å². The average Bonchev–Trinajstić information content (AvgIpc) is 2.33. The highest BCUT2D eigenvalue weighted by Crippen LogP contribution is 2.29. The van der Waals surface area contributed by atoms with Gasteiger partial charge in [0.25, 0.3) is 0 Å². The summed E-state index contributed by atoms with van der Waals surface area (Å²) in [4.78, 5) is 8.28. The molecule has 16 heavy (non-hydrogen) atoms. The normalized spacial score (nSPS) is 10.1. The second kappa shape index (κ2) is 4.37. The summed E-state index contributed by atoms with van der Waals surface area (Å²) in [6, 6.07) is 9.50. The Morgan fingerprint density at radius 3 is 2.50 bits per heavy atom. The Morgan fingerprint density at radius 2 is 1.88 bits per heavy atom. The fourth-order valence-corrected chi connectivity index (χ4v) is 1.46. The Hall–Kier alpha value is -1.81. The molecule has 2 N–H and O–H groups in total. The van der Waals surface area contributed by atoms with Crippen LogP contribution < -0.4 is 10.5 Å². The quantitative estimate of drug-likeness (QED) is 0.868. The molecule has 0 spiro atoms. The maximum atomic E-state index is 5.88. The summed E-state index contributed by atoms with van der Waals surface area (Å²) in [6.45, 7) is 0. The van der Waals surface area contributed by atoms with Crippen molar-refractivity contribution < 1.29 is 4.74 Å². The number of ether oxygens (including phenoxy) is 1. The molecule has 1 aromatic carbocycles. The molecule has 0 radical (unpaired) electrons. The first kappa shape index (κ1) is 10.7. The number of nitrogens with zero attached hydrogens (tertiary/aromatic N) is 2. The van der Waals surface area contributed by atoms with E-state index in [0.717, 1.165) is 5.56 Å². The summed E-state index contributed by atoms with van der Waals surface area (Å²) in [5.74, 6) is 1.000. The van der Waals surface area contributed by atoms with E-state index in [0.29, 0.717) is 5.82 Å². The number of rotatable bonds is 2. The lowest BCUT2D eigenvalue weighted by atomic mass is 10.2. The van der Waals surface area contributed by atoms with Gasteiger partial charge in [-0.1, -0.05) is 41.9 Å². The minimum Gasteiger partial charge on any atom is -0.480 e. The molecule has 0 unspecified atom stereocenters. The Kier molecular flexibility index (Phi) is 2.92. The molecule has 4 nitrogen and oxygen atoms in total. The molecule has 0 bridgehead atoms. The van der Waals surface area contributed by atoms with Crippen LogP contribution in [0, 0.1) is 0 Å². The molecule has 0 aliphatic carbocycles. The highest BCUT2D eigenvalue weighted by Gasteiger charge is 2.11. The van der Waals surface area contributed by atoms with Crippen LogP contribution in [0.25, 0.3) is 11.4 Å². The van der Waals surface area contributed by atoms with Gasteiger partial charge in [0, 0.05) is 5.56 Å². The zero-order chi connectivity index (χ0) is 11.5. The molecule has 82 valence electrons. The molecule has 0 aliphatic heterocycles. The molecule has 5 heteroatoms. The van der Waals surface area contributed by atoms with Crippen molar-refractivity contribution in [2.24, 2.45) is 0 Å². The third kappa shape index (κ3) is 1.92. The highest BCUT2D eigenvalue weighted by atomic mass is 35.5. The van der Waals surface area contributed by atoms with Gasteiger partial charge in [-0.25, -0.2) is 4.98 Å².